The van der Waals surface area contributed by atoms with Gasteiger partial charge in [-0.25, -0.2) is 9.37 Å². The molecule has 0 radical (unpaired) electrons. The van der Waals surface area contributed by atoms with E-state index in [1.54, 1.807) is 18.3 Å². The van der Waals surface area contributed by atoms with Gasteiger partial charge in [0.25, 0.3) is 0 Å². The van der Waals surface area contributed by atoms with Gasteiger partial charge in [0, 0.05) is 24.9 Å². The van der Waals surface area contributed by atoms with Crippen molar-refractivity contribution >= 4 is 17.5 Å². The second-order valence-electron chi connectivity index (χ2n) is 6.94. The Morgan fingerprint density at radius 1 is 1.24 bits per heavy atom. The van der Waals surface area contributed by atoms with Crippen LogP contribution in [0.25, 0.3) is 11.3 Å². The van der Waals surface area contributed by atoms with Crippen LogP contribution >= 0.6 is 11.6 Å². The maximum absolute atomic E-state index is 13.5. The molecular weight excluding hydrogens is 393 g/mol. The van der Waals surface area contributed by atoms with Crippen LogP contribution in [0.5, 0.6) is 0 Å². The van der Waals surface area contributed by atoms with E-state index in [0.29, 0.717) is 29.6 Å². The molecule has 2 aromatic carbocycles. The zero-order chi connectivity index (χ0) is 20.8. The van der Waals surface area contributed by atoms with Gasteiger partial charge in [0.05, 0.1) is 17.3 Å². The second kappa shape index (κ2) is 9.67. The Labute approximate surface area is 174 Å². The summed E-state index contributed by atoms with van der Waals surface area (Å²) in [6, 6.07) is 13.6. The summed E-state index contributed by atoms with van der Waals surface area (Å²) in [5, 5.41) is 3.49. The number of oxazole rings is 1. The summed E-state index contributed by atoms with van der Waals surface area (Å²) in [5.74, 6) is 0.638. The van der Waals surface area contributed by atoms with Crippen molar-refractivity contribution < 1.29 is 13.6 Å². The molecular formula is C22H23ClFN3O2. The maximum Gasteiger partial charge on any atom is 0.220 e. The van der Waals surface area contributed by atoms with Crippen LogP contribution in [0.2, 0.25) is 5.02 Å². The van der Waals surface area contributed by atoms with Crippen molar-refractivity contribution in [2.45, 2.75) is 18.9 Å². The number of likely N-dealkylation sites (N-methyl/N-ethyl adjacent to an activating group) is 1. The van der Waals surface area contributed by atoms with Gasteiger partial charge in [-0.3, -0.25) is 4.79 Å². The number of nitrogens with one attached hydrogen (secondary N) is 1. The van der Waals surface area contributed by atoms with Crippen LogP contribution in [0.15, 0.2) is 59.1 Å². The van der Waals surface area contributed by atoms with Crippen LogP contribution < -0.4 is 5.32 Å². The van der Waals surface area contributed by atoms with Gasteiger partial charge < -0.3 is 14.6 Å². The van der Waals surface area contributed by atoms with Gasteiger partial charge in [-0.1, -0.05) is 35.9 Å². The molecule has 1 atom stereocenters. The van der Waals surface area contributed by atoms with E-state index in [1.165, 1.54) is 12.1 Å². The van der Waals surface area contributed by atoms with Gasteiger partial charge in [-0.2, -0.15) is 0 Å². The summed E-state index contributed by atoms with van der Waals surface area (Å²) in [4.78, 5) is 18.5. The smallest absolute Gasteiger partial charge is 0.220 e. The Morgan fingerprint density at radius 3 is 2.76 bits per heavy atom. The molecule has 0 fully saturated rings. The first kappa shape index (κ1) is 21.0. The molecule has 0 spiro atoms. The highest BCUT2D eigenvalue weighted by atomic mass is 35.5. The average Bonchev–Trinajstić information content (AvgIpc) is 3.15. The molecule has 29 heavy (non-hydrogen) atoms. The molecule has 3 rings (SSSR count). The Kier molecular flexibility index (Phi) is 7.01. The Morgan fingerprint density at radius 2 is 2.03 bits per heavy atom. The summed E-state index contributed by atoms with van der Waals surface area (Å²) < 4.78 is 19.2. The first-order chi connectivity index (χ1) is 13.9. The molecule has 1 N–H and O–H groups in total. The molecule has 7 heteroatoms. The fraction of sp³-hybridized carbons (Fsp3) is 0.273. The minimum Gasteiger partial charge on any atom is -0.441 e. The molecule has 0 aliphatic carbocycles. The number of nitrogens with zero attached hydrogens (tertiary/aromatic N) is 2. The quantitative estimate of drug-likeness (QED) is 0.589. The van der Waals surface area contributed by atoms with E-state index < -0.39 is 0 Å². The third-order valence-electron chi connectivity index (χ3n) is 4.61. The molecule has 0 aliphatic heterocycles. The van der Waals surface area contributed by atoms with Gasteiger partial charge in [0.2, 0.25) is 5.91 Å². The highest BCUT2D eigenvalue weighted by Gasteiger charge is 2.16. The van der Waals surface area contributed by atoms with E-state index in [0.717, 1.165) is 11.1 Å². The monoisotopic (exact) mass is 415 g/mol. The van der Waals surface area contributed by atoms with Crippen molar-refractivity contribution in [3.05, 3.63) is 77.0 Å². The van der Waals surface area contributed by atoms with Crippen LogP contribution in [0.3, 0.4) is 0 Å². The molecule has 0 bridgehead atoms. The second-order valence-corrected chi connectivity index (χ2v) is 7.34. The van der Waals surface area contributed by atoms with Crippen molar-refractivity contribution in [3.8, 4) is 11.3 Å². The lowest BCUT2D eigenvalue weighted by molar-refractivity contribution is -0.121. The average molecular weight is 416 g/mol. The summed E-state index contributed by atoms with van der Waals surface area (Å²) in [5.41, 5.74) is 1.58. The lowest BCUT2D eigenvalue weighted by Crippen LogP contribution is -2.34. The number of aromatic nitrogens is 1. The minimum absolute atomic E-state index is 0.120. The molecule has 1 aromatic heterocycles. The summed E-state index contributed by atoms with van der Waals surface area (Å²) in [6.45, 7) is 0.381. The van der Waals surface area contributed by atoms with E-state index in [1.807, 2.05) is 43.3 Å². The van der Waals surface area contributed by atoms with Crippen molar-refractivity contribution in [1.29, 1.82) is 0 Å². The van der Waals surface area contributed by atoms with Crippen molar-refractivity contribution in [2.24, 2.45) is 0 Å². The summed E-state index contributed by atoms with van der Waals surface area (Å²) in [6.07, 6.45) is 2.23. The molecule has 1 amide bonds. The van der Waals surface area contributed by atoms with Crippen LogP contribution in [0.1, 0.15) is 23.9 Å². The zero-order valence-corrected chi connectivity index (χ0v) is 17.1. The van der Waals surface area contributed by atoms with Crippen LogP contribution in [0.4, 0.5) is 4.39 Å². The summed E-state index contributed by atoms with van der Waals surface area (Å²) in [7, 11) is 3.79. The Hall–Kier alpha value is -2.70. The number of aryl methyl sites for hydroxylation is 1. The highest BCUT2D eigenvalue weighted by Crippen LogP contribution is 2.28. The van der Waals surface area contributed by atoms with Crippen LogP contribution in [-0.4, -0.2) is 36.4 Å². The largest absolute Gasteiger partial charge is 0.441 e. The number of benzene rings is 2. The fourth-order valence-corrected chi connectivity index (χ4v) is 3.27. The lowest BCUT2D eigenvalue weighted by Gasteiger charge is -2.25. The number of amides is 1. The molecule has 1 heterocycles. The van der Waals surface area contributed by atoms with Gasteiger partial charge in [0.15, 0.2) is 11.7 Å². The topological polar surface area (TPSA) is 58.4 Å². The standard InChI is InChI=1S/C22H23ClFN3O2/c1-27(2)19(15-6-5-7-16(24)12-15)13-25-21(28)10-11-22-26-14-20(29-22)17-8-3-4-9-18(17)23/h3-9,12,14,19H,10-11,13H2,1-2H3,(H,25,28)/t19-/m1/s1. The van der Waals surface area contributed by atoms with E-state index in [-0.39, 0.29) is 24.2 Å². The Bertz CT molecular complexity index is 974. The van der Waals surface area contributed by atoms with Gasteiger partial charge in [-0.05, 0) is 43.9 Å². The van der Waals surface area contributed by atoms with Gasteiger partial charge in [-0.15, -0.1) is 0 Å². The number of carbonyl (C=O) groups excluding carboxylic acids is 1. The number of carbonyl (C=O) groups is 1. The fourth-order valence-electron chi connectivity index (χ4n) is 3.04. The molecule has 3 aromatic rings. The van der Waals surface area contributed by atoms with Crippen molar-refractivity contribution in [1.82, 2.24) is 15.2 Å². The predicted octanol–water partition coefficient (Wildman–Crippen LogP) is 4.49. The number of hydrogen-bond acceptors (Lipinski definition) is 4. The molecule has 5 nitrogen and oxygen atoms in total. The Balaban J connectivity index is 1.54. The number of halogens is 2. The van der Waals surface area contributed by atoms with E-state index in [9.17, 15) is 9.18 Å². The third kappa shape index (κ3) is 5.65. The van der Waals surface area contributed by atoms with Crippen molar-refractivity contribution in [3.63, 3.8) is 0 Å². The lowest BCUT2D eigenvalue weighted by atomic mass is 10.1. The molecule has 0 unspecified atom stereocenters. The molecule has 0 saturated heterocycles. The molecule has 0 aliphatic rings. The van der Waals surface area contributed by atoms with E-state index in [4.69, 9.17) is 16.0 Å². The van der Waals surface area contributed by atoms with Crippen LogP contribution in [-0.2, 0) is 11.2 Å². The van der Waals surface area contributed by atoms with E-state index in [2.05, 4.69) is 10.3 Å². The normalized spacial score (nSPS) is 12.2. The predicted molar refractivity (Wildman–Crippen MR) is 111 cm³/mol. The first-order valence-corrected chi connectivity index (χ1v) is 9.70. The number of hydrogen-bond donors (Lipinski definition) is 1. The SMILES string of the molecule is CN(C)[C@H](CNC(=O)CCc1ncc(-c2ccccc2Cl)o1)c1cccc(F)c1. The van der Waals surface area contributed by atoms with Crippen molar-refractivity contribution in [2.75, 3.05) is 20.6 Å². The number of rotatable bonds is 8. The third-order valence-corrected chi connectivity index (χ3v) is 4.94. The van der Waals surface area contributed by atoms with Gasteiger partial charge >= 0.3 is 0 Å². The first-order valence-electron chi connectivity index (χ1n) is 9.32. The van der Waals surface area contributed by atoms with Gasteiger partial charge in [0.1, 0.15) is 5.82 Å². The van der Waals surface area contributed by atoms with E-state index >= 15 is 0 Å². The van der Waals surface area contributed by atoms with Crippen LogP contribution in [0, 0.1) is 5.82 Å². The highest BCUT2D eigenvalue weighted by molar-refractivity contribution is 6.33. The maximum atomic E-state index is 13.5. The molecule has 152 valence electrons. The zero-order valence-electron chi connectivity index (χ0n) is 16.4. The minimum atomic E-state index is -0.293. The summed E-state index contributed by atoms with van der Waals surface area (Å²) >= 11 is 6.17. The molecule has 0 saturated carbocycles.